The van der Waals surface area contributed by atoms with Crippen LogP contribution in [-0.2, 0) is 6.42 Å². The summed E-state index contributed by atoms with van der Waals surface area (Å²) in [6.45, 7) is 2.20. The molecule has 0 spiro atoms. The van der Waals surface area contributed by atoms with Crippen molar-refractivity contribution >= 4 is 17.4 Å². The van der Waals surface area contributed by atoms with E-state index in [0.29, 0.717) is 10.6 Å². The standard InChI is InChI=1S/C17H23ClO2/c1-2-3-4-5-6-8-13-11-12-9-7-10-14(18)15(12)17(20)16(13)19/h7,9-10,13,16,19H,2-6,8,11H2,1H3. The van der Waals surface area contributed by atoms with E-state index < -0.39 is 6.10 Å². The molecule has 0 saturated heterocycles. The second kappa shape index (κ2) is 7.24. The Morgan fingerprint density at radius 1 is 1.25 bits per heavy atom. The van der Waals surface area contributed by atoms with E-state index in [0.717, 1.165) is 24.8 Å². The average molecular weight is 295 g/mol. The number of hydrogen-bond acceptors (Lipinski definition) is 2. The van der Waals surface area contributed by atoms with Gasteiger partial charge in [0.2, 0.25) is 0 Å². The second-order valence-electron chi connectivity index (χ2n) is 5.75. The fourth-order valence-electron chi connectivity index (χ4n) is 3.04. The first-order valence-corrected chi connectivity index (χ1v) is 8.02. The van der Waals surface area contributed by atoms with Crippen molar-refractivity contribution in [1.82, 2.24) is 0 Å². The van der Waals surface area contributed by atoms with Crippen molar-refractivity contribution < 1.29 is 9.90 Å². The minimum Gasteiger partial charge on any atom is -0.385 e. The highest BCUT2D eigenvalue weighted by molar-refractivity contribution is 6.34. The van der Waals surface area contributed by atoms with Crippen molar-refractivity contribution in [2.24, 2.45) is 5.92 Å². The SMILES string of the molecule is CCCCCCCC1Cc2cccc(Cl)c2C(=O)C1O. The molecule has 0 fully saturated rings. The summed E-state index contributed by atoms with van der Waals surface area (Å²) in [4.78, 5) is 12.2. The molecule has 2 rings (SSSR count). The van der Waals surface area contributed by atoms with E-state index in [2.05, 4.69) is 6.92 Å². The maximum Gasteiger partial charge on any atom is 0.193 e. The molecule has 2 atom stereocenters. The zero-order chi connectivity index (χ0) is 14.5. The molecule has 1 aromatic rings. The molecule has 1 aliphatic rings. The fraction of sp³-hybridized carbons (Fsp3) is 0.588. The van der Waals surface area contributed by atoms with Crippen LogP contribution in [0.25, 0.3) is 0 Å². The van der Waals surface area contributed by atoms with Crippen molar-refractivity contribution in [2.45, 2.75) is 58.0 Å². The molecule has 1 N–H and O–H groups in total. The highest BCUT2D eigenvalue weighted by Gasteiger charge is 2.34. The molecular formula is C17H23ClO2. The van der Waals surface area contributed by atoms with E-state index in [1.54, 1.807) is 6.07 Å². The largest absolute Gasteiger partial charge is 0.385 e. The number of rotatable bonds is 6. The first-order chi connectivity index (χ1) is 9.65. The van der Waals surface area contributed by atoms with E-state index in [-0.39, 0.29) is 11.7 Å². The van der Waals surface area contributed by atoms with Crippen LogP contribution in [0.3, 0.4) is 0 Å². The van der Waals surface area contributed by atoms with Gasteiger partial charge in [-0.3, -0.25) is 4.79 Å². The minimum absolute atomic E-state index is 0.0510. The fourth-order valence-corrected chi connectivity index (χ4v) is 3.33. The van der Waals surface area contributed by atoms with Gasteiger partial charge in [-0.2, -0.15) is 0 Å². The van der Waals surface area contributed by atoms with Crippen LogP contribution in [0.15, 0.2) is 18.2 Å². The third-order valence-electron chi connectivity index (χ3n) is 4.22. The number of aliphatic hydroxyl groups is 1. The van der Waals surface area contributed by atoms with Crippen LogP contribution in [0, 0.1) is 5.92 Å². The molecule has 1 aliphatic carbocycles. The lowest BCUT2D eigenvalue weighted by Gasteiger charge is -2.29. The number of unbranched alkanes of at least 4 members (excludes halogenated alkanes) is 4. The van der Waals surface area contributed by atoms with Gasteiger partial charge in [-0.15, -0.1) is 0 Å². The molecule has 2 unspecified atom stereocenters. The maximum absolute atomic E-state index is 12.2. The van der Waals surface area contributed by atoms with Crippen molar-refractivity contribution in [3.05, 3.63) is 34.3 Å². The molecule has 0 saturated carbocycles. The van der Waals surface area contributed by atoms with Crippen LogP contribution in [0.1, 0.15) is 61.4 Å². The first-order valence-electron chi connectivity index (χ1n) is 7.64. The Bertz CT molecular complexity index is 470. The minimum atomic E-state index is -0.881. The van der Waals surface area contributed by atoms with Crippen molar-refractivity contribution in [1.29, 1.82) is 0 Å². The monoisotopic (exact) mass is 294 g/mol. The van der Waals surface area contributed by atoms with Gasteiger partial charge in [0, 0.05) is 5.56 Å². The third kappa shape index (κ3) is 3.42. The summed E-state index contributed by atoms with van der Waals surface area (Å²) in [5, 5.41) is 10.7. The molecule has 0 aromatic heterocycles. The van der Waals surface area contributed by atoms with Gasteiger partial charge in [0.1, 0.15) is 6.10 Å². The second-order valence-corrected chi connectivity index (χ2v) is 6.16. The lowest BCUT2D eigenvalue weighted by molar-refractivity contribution is 0.0550. The molecule has 2 nitrogen and oxygen atoms in total. The van der Waals surface area contributed by atoms with Gasteiger partial charge < -0.3 is 5.11 Å². The van der Waals surface area contributed by atoms with Gasteiger partial charge in [0.15, 0.2) is 5.78 Å². The molecule has 0 radical (unpaired) electrons. The smallest absolute Gasteiger partial charge is 0.193 e. The Morgan fingerprint density at radius 3 is 2.75 bits per heavy atom. The summed E-state index contributed by atoms with van der Waals surface area (Å²) in [5.41, 5.74) is 1.52. The van der Waals surface area contributed by atoms with Gasteiger partial charge in [0.05, 0.1) is 5.02 Å². The summed E-state index contributed by atoms with van der Waals surface area (Å²) >= 11 is 6.08. The zero-order valence-electron chi connectivity index (χ0n) is 12.1. The Morgan fingerprint density at radius 2 is 2.00 bits per heavy atom. The molecule has 20 heavy (non-hydrogen) atoms. The van der Waals surface area contributed by atoms with Gasteiger partial charge in [-0.1, -0.05) is 62.8 Å². The Hall–Kier alpha value is -0.860. The maximum atomic E-state index is 12.2. The van der Waals surface area contributed by atoms with Crippen LogP contribution >= 0.6 is 11.6 Å². The predicted molar refractivity (Wildman–Crippen MR) is 82.4 cm³/mol. The molecule has 1 aromatic carbocycles. The van der Waals surface area contributed by atoms with Crippen LogP contribution < -0.4 is 0 Å². The van der Waals surface area contributed by atoms with Gasteiger partial charge in [-0.25, -0.2) is 0 Å². The summed E-state index contributed by atoms with van der Waals surface area (Å²) in [7, 11) is 0. The molecule has 0 bridgehead atoms. The average Bonchev–Trinajstić information content (AvgIpc) is 2.43. The number of Topliss-reactive ketones (excluding diaryl/α,β-unsaturated/α-hetero) is 1. The van der Waals surface area contributed by atoms with E-state index in [1.165, 1.54) is 25.7 Å². The third-order valence-corrected chi connectivity index (χ3v) is 4.54. The summed E-state index contributed by atoms with van der Waals surface area (Å²) in [6.07, 6.45) is 6.82. The molecule has 0 amide bonds. The van der Waals surface area contributed by atoms with Gasteiger partial charge >= 0.3 is 0 Å². The van der Waals surface area contributed by atoms with Crippen molar-refractivity contribution in [3.63, 3.8) is 0 Å². The summed E-state index contributed by atoms with van der Waals surface area (Å²) in [5.74, 6) is -0.148. The zero-order valence-corrected chi connectivity index (χ0v) is 12.8. The van der Waals surface area contributed by atoms with E-state index in [4.69, 9.17) is 11.6 Å². The van der Waals surface area contributed by atoms with Crippen molar-refractivity contribution in [3.8, 4) is 0 Å². The lowest BCUT2D eigenvalue weighted by Crippen LogP contribution is -2.36. The van der Waals surface area contributed by atoms with E-state index in [1.807, 2.05) is 12.1 Å². The van der Waals surface area contributed by atoms with Crippen LogP contribution in [-0.4, -0.2) is 17.0 Å². The number of hydrogen-bond donors (Lipinski definition) is 1. The Labute approximate surface area is 126 Å². The van der Waals surface area contributed by atoms with Crippen LogP contribution in [0.4, 0.5) is 0 Å². The van der Waals surface area contributed by atoms with Gasteiger partial charge in [0.25, 0.3) is 0 Å². The first kappa shape index (κ1) is 15.5. The number of aliphatic hydroxyl groups excluding tert-OH is 1. The Balaban J connectivity index is 1.98. The topological polar surface area (TPSA) is 37.3 Å². The summed E-state index contributed by atoms with van der Waals surface area (Å²) in [6, 6.07) is 5.55. The van der Waals surface area contributed by atoms with Gasteiger partial charge in [-0.05, 0) is 30.4 Å². The molecule has 0 aliphatic heterocycles. The normalized spacial score (nSPS) is 21.9. The number of fused-ring (bicyclic) bond motifs is 1. The molecule has 110 valence electrons. The van der Waals surface area contributed by atoms with E-state index >= 15 is 0 Å². The highest BCUT2D eigenvalue weighted by Crippen LogP contribution is 2.33. The number of ketones is 1. The number of carbonyl (C=O) groups is 1. The number of benzene rings is 1. The quantitative estimate of drug-likeness (QED) is 0.789. The molecular weight excluding hydrogens is 272 g/mol. The van der Waals surface area contributed by atoms with Crippen LogP contribution in [0.2, 0.25) is 5.02 Å². The summed E-state index contributed by atoms with van der Waals surface area (Å²) < 4.78 is 0. The molecule has 3 heteroatoms. The Kier molecular flexibility index (Phi) is 5.62. The molecule has 0 heterocycles. The lowest BCUT2D eigenvalue weighted by atomic mass is 9.78. The predicted octanol–water partition coefficient (Wildman–Crippen LogP) is 4.42. The van der Waals surface area contributed by atoms with Crippen LogP contribution in [0.5, 0.6) is 0 Å². The van der Waals surface area contributed by atoms with E-state index in [9.17, 15) is 9.90 Å². The highest BCUT2D eigenvalue weighted by atomic mass is 35.5. The van der Waals surface area contributed by atoms with Crippen molar-refractivity contribution in [2.75, 3.05) is 0 Å². The number of halogens is 1. The number of carbonyl (C=O) groups excluding carboxylic acids is 1.